The molecule has 0 amide bonds. The van der Waals surface area contributed by atoms with E-state index in [4.69, 9.17) is 0 Å². The summed E-state index contributed by atoms with van der Waals surface area (Å²) in [6.07, 6.45) is 5.55. The molecule has 13 heavy (non-hydrogen) atoms. The molecule has 0 saturated carbocycles. The molecule has 0 bridgehead atoms. The van der Waals surface area contributed by atoms with Crippen LogP contribution in [0.2, 0.25) is 0 Å². The Hall–Kier alpha value is -0.860. The Morgan fingerprint density at radius 2 is 2.08 bits per heavy atom. The average molecular weight is 183 g/mol. The lowest BCUT2D eigenvalue weighted by Gasteiger charge is -2.11. The van der Waals surface area contributed by atoms with Crippen molar-refractivity contribution in [3.05, 3.63) is 0 Å². The quantitative estimate of drug-likeness (QED) is 0.352. The van der Waals surface area contributed by atoms with Crippen molar-refractivity contribution in [1.29, 1.82) is 0 Å². The summed E-state index contributed by atoms with van der Waals surface area (Å²) in [4.78, 5) is 4.00. The van der Waals surface area contributed by atoms with Gasteiger partial charge in [-0.15, -0.1) is 0 Å². The molecule has 0 heterocycles. The van der Waals surface area contributed by atoms with Crippen LogP contribution < -0.4 is 0 Å². The summed E-state index contributed by atoms with van der Waals surface area (Å²) in [7, 11) is 3.77. The highest BCUT2D eigenvalue weighted by atomic mass is 15.4. The van der Waals surface area contributed by atoms with Crippen molar-refractivity contribution in [2.45, 2.75) is 33.1 Å². The van der Waals surface area contributed by atoms with E-state index in [1.807, 2.05) is 19.0 Å². The monoisotopic (exact) mass is 183 g/mol. The Labute approximate surface area is 81.5 Å². The highest BCUT2D eigenvalue weighted by Gasteiger charge is 1.91. The molecule has 0 atom stereocenters. The predicted octanol–water partition coefficient (Wildman–Crippen LogP) is 2.18. The maximum atomic E-state index is 4.24. The number of hydrogen-bond donors (Lipinski definition) is 0. The van der Waals surface area contributed by atoms with Crippen molar-refractivity contribution in [2.75, 3.05) is 20.6 Å². The van der Waals surface area contributed by atoms with Crippen molar-refractivity contribution >= 4 is 11.9 Å². The van der Waals surface area contributed by atoms with Gasteiger partial charge in [0.15, 0.2) is 0 Å². The summed E-state index contributed by atoms with van der Waals surface area (Å²) in [6.45, 7) is 5.18. The second-order valence-corrected chi connectivity index (χ2v) is 3.20. The Morgan fingerprint density at radius 3 is 2.62 bits per heavy atom. The Morgan fingerprint density at radius 1 is 1.38 bits per heavy atom. The van der Waals surface area contributed by atoms with E-state index in [0.717, 1.165) is 12.3 Å². The average Bonchev–Trinajstić information content (AvgIpc) is 2.14. The standard InChI is InChI=1S/C10H21N3/c1-5-6-7-8-13(4)12-9-10(2)11-3/h9H,5-8H2,1-4H3. The van der Waals surface area contributed by atoms with E-state index in [2.05, 4.69) is 17.0 Å². The third kappa shape index (κ3) is 7.50. The van der Waals surface area contributed by atoms with Gasteiger partial charge in [-0.25, -0.2) is 0 Å². The number of unbranched alkanes of at least 4 members (excludes halogenated alkanes) is 2. The smallest absolute Gasteiger partial charge is 0.0677 e. The first-order valence-corrected chi connectivity index (χ1v) is 4.89. The molecule has 0 aliphatic heterocycles. The largest absolute Gasteiger partial charge is 0.300 e. The van der Waals surface area contributed by atoms with Gasteiger partial charge >= 0.3 is 0 Å². The molecule has 0 N–H and O–H groups in total. The molecular formula is C10H21N3. The highest BCUT2D eigenvalue weighted by molar-refractivity contribution is 6.29. The summed E-state index contributed by atoms with van der Waals surface area (Å²) >= 11 is 0. The van der Waals surface area contributed by atoms with Crippen molar-refractivity contribution in [3.63, 3.8) is 0 Å². The zero-order valence-corrected chi connectivity index (χ0v) is 9.25. The van der Waals surface area contributed by atoms with Gasteiger partial charge in [0.05, 0.1) is 11.9 Å². The lowest BCUT2D eigenvalue weighted by molar-refractivity contribution is 0.346. The molecule has 0 aromatic carbocycles. The van der Waals surface area contributed by atoms with Gasteiger partial charge in [-0.05, 0) is 13.3 Å². The van der Waals surface area contributed by atoms with E-state index in [0.29, 0.717) is 0 Å². The van der Waals surface area contributed by atoms with Crippen LogP contribution in [0.3, 0.4) is 0 Å². The van der Waals surface area contributed by atoms with Crippen molar-refractivity contribution in [2.24, 2.45) is 10.1 Å². The fraction of sp³-hybridized carbons (Fsp3) is 0.800. The van der Waals surface area contributed by atoms with Gasteiger partial charge in [0.25, 0.3) is 0 Å². The first-order valence-electron chi connectivity index (χ1n) is 4.89. The normalized spacial score (nSPS) is 12.5. The van der Waals surface area contributed by atoms with Crippen LogP contribution in [-0.4, -0.2) is 37.6 Å². The van der Waals surface area contributed by atoms with E-state index >= 15 is 0 Å². The summed E-state index contributed by atoms with van der Waals surface area (Å²) in [5.74, 6) is 0. The van der Waals surface area contributed by atoms with E-state index in [-0.39, 0.29) is 0 Å². The van der Waals surface area contributed by atoms with Crippen molar-refractivity contribution < 1.29 is 0 Å². The molecule has 0 fully saturated rings. The molecule has 3 heteroatoms. The summed E-state index contributed by atoms with van der Waals surface area (Å²) < 4.78 is 0. The third-order valence-electron chi connectivity index (χ3n) is 1.88. The van der Waals surface area contributed by atoms with E-state index < -0.39 is 0 Å². The van der Waals surface area contributed by atoms with Crippen molar-refractivity contribution in [1.82, 2.24) is 5.01 Å². The topological polar surface area (TPSA) is 28.0 Å². The number of aliphatic imine (C=N–C) groups is 1. The first-order chi connectivity index (χ1) is 6.20. The molecule has 0 aliphatic carbocycles. The fourth-order valence-corrected chi connectivity index (χ4v) is 0.888. The molecule has 3 nitrogen and oxygen atoms in total. The summed E-state index contributed by atoms with van der Waals surface area (Å²) in [5.41, 5.74) is 0.961. The maximum absolute atomic E-state index is 4.24. The van der Waals surface area contributed by atoms with Crippen LogP contribution in [0.4, 0.5) is 0 Å². The van der Waals surface area contributed by atoms with Crippen LogP contribution in [0, 0.1) is 0 Å². The summed E-state index contributed by atoms with van der Waals surface area (Å²) in [6, 6.07) is 0. The number of nitrogens with zero attached hydrogens (tertiary/aromatic N) is 3. The van der Waals surface area contributed by atoms with Gasteiger partial charge < -0.3 is 5.01 Å². The van der Waals surface area contributed by atoms with Gasteiger partial charge in [-0.3, -0.25) is 4.99 Å². The van der Waals surface area contributed by atoms with Gasteiger partial charge in [-0.2, -0.15) is 5.10 Å². The van der Waals surface area contributed by atoms with E-state index in [1.165, 1.54) is 19.3 Å². The fourth-order valence-electron chi connectivity index (χ4n) is 0.888. The van der Waals surface area contributed by atoms with Crippen LogP contribution in [0.15, 0.2) is 10.1 Å². The second kappa shape index (κ2) is 7.77. The highest BCUT2D eigenvalue weighted by Crippen LogP contribution is 1.95. The first kappa shape index (κ1) is 12.1. The van der Waals surface area contributed by atoms with Crippen LogP contribution in [0.25, 0.3) is 0 Å². The van der Waals surface area contributed by atoms with Crippen LogP contribution in [-0.2, 0) is 0 Å². The lowest BCUT2D eigenvalue weighted by Crippen LogP contribution is -2.13. The molecule has 0 aromatic heterocycles. The molecule has 0 spiro atoms. The van der Waals surface area contributed by atoms with E-state index in [9.17, 15) is 0 Å². The number of rotatable bonds is 6. The second-order valence-electron chi connectivity index (χ2n) is 3.20. The molecule has 0 unspecified atom stereocenters. The molecule has 0 radical (unpaired) electrons. The number of hydrazone groups is 1. The van der Waals surface area contributed by atoms with E-state index in [1.54, 1.807) is 13.3 Å². The minimum Gasteiger partial charge on any atom is -0.300 e. The zero-order valence-electron chi connectivity index (χ0n) is 9.25. The molecule has 0 saturated heterocycles. The lowest BCUT2D eigenvalue weighted by atomic mass is 10.2. The number of hydrogen-bond acceptors (Lipinski definition) is 3. The van der Waals surface area contributed by atoms with Crippen molar-refractivity contribution in [3.8, 4) is 0 Å². The predicted molar refractivity (Wildman–Crippen MR) is 59.7 cm³/mol. The van der Waals surface area contributed by atoms with Crippen LogP contribution in [0.5, 0.6) is 0 Å². The van der Waals surface area contributed by atoms with Gasteiger partial charge in [0.2, 0.25) is 0 Å². The molecule has 0 aliphatic rings. The SMILES string of the molecule is CCCCCN(C)N=CC(C)=NC. The minimum absolute atomic E-state index is 0.961. The van der Waals surface area contributed by atoms with Crippen LogP contribution in [0.1, 0.15) is 33.1 Å². The van der Waals surface area contributed by atoms with Gasteiger partial charge in [-0.1, -0.05) is 19.8 Å². The Bertz CT molecular complexity index is 173. The van der Waals surface area contributed by atoms with Crippen LogP contribution >= 0.6 is 0 Å². The minimum atomic E-state index is 0.961. The Balaban J connectivity index is 3.61. The molecule has 0 rings (SSSR count). The molecule has 76 valence electrons. The third-order valence-corrected chi connectivity index (χ3v) is 1.88. The maximum Gasteiger partial charge on any atom is 0.0677 e. The van der Waals surface area contributed by atoms with Gasteiger partial charge in [0.1, 0.15) is 0 Å². The zero-order chi connectivity index (χ0) is 10.1. The molecule has 0 aromatic rings. The Kier molecular flexibility index (Phi) is 7.26. The molecular weight excluding hydrogens is 162 g/mol. The van der Waals surface area contributed by atoms with Gasteiger partial charge in [0, 0.05) is 20.6 Å². The summed E-state index contributed by atoms with van der Waals surface area (Å²) in [5, 5.41) is 6.21.